The maximum atomic E-state index is 6.43. The Labute approximate surface area is 156 Å². The lowest BCUT2D eigenvalue weighted by atomic mass is 9.95. The minimum atomic E-state index is 0.636. The molecule has 0 N–H and O–H groups in total. The Kier molecular flexibility index (Phi) is 3.55. The molecule has 1 heterocycles. The van der Waals surface area contributed by atoms with Gasteiger partial charge in [-0.15, -0.1) is 0 Å². The molecule has 5 aromatic rings. The minimum Gasteiger partial charge on any atom is -0.454 e. The van der Waals surface area contributed by atoms with E-state index in [9.17, 15) is 0 Å². The van der Waals surface area contributed by atoms with Crippen LogP contribution in [0.5, 0.6) is 0 Å². The maximum absolute atomic E-state index is 6.43. The van der Waals surface area contributed by atoms with Crippen LogP contribution in [0.25, 0.3) is 44.2 Å². The quantitative estimate of drug-likeness (QED) is 0.318. The lowest BCUT2D eigenvalue weighted by Gasteiger charge is -2.08. The van der Waals surface area contributed by atoms with Crippen molar-refractivity contribution in [1.82, 2.24) is 0 Å². The number of rotatable bonds is 2. The molecule has 4 aromatic carbocycles. The van der Waals surface area contributed by atoms with Gasteiger partial charge in [0.15, 0.2) is 5.58 Å². The van der Waals surface area contributed by atoms with Crippen LogP contribution in [-0.2, 0) is 0 Å². The molecule has 124 valence electrons. The molecule has 2 heteroatoms. The van der Waals surface area contributed by atoms with Gasteiger partial charge in [0.1, 0.15) is 5.58 Å². The highest BCUT2D eigenvalue weighted by molar-refractivity contribution is 6.36. The summed E-state index contributed by atoms with van der Waals surface area (Å²) in [5.41, 5.74) is 6.14. The molecule has 26 heavy (non-hydrogen) atoms. The lowest BCUT2D eigenvalue weighted by molar-refractivity contribution is 0.670. The van der Waals surface area contributed by atoms with Crippen molar-refractivity contribution in [1.29, 1.82) is 0 Å². The Balaban J connectivity index is 1.94. The average molecular weight is 355 g/mol. The average Bonchev–Trinajstić information content (AvgIpc) is 3.10. The van der Waals surface area contributed by atoms with Crippen molar-refractivity contribution in [2.75, 3.05) is 0 Å². The van der Waals surface area contributed by atoms with Gasteiger partial charge in [0.25, 0.3) is 0 Å². The fourth-order valence-corrected chi connectivity index (χ4v) is 3.78. The van der Waals surface area contributed by atoms with E-state index in [1.807, 2.05) is 36.4 Å². The molecule has 1 nitrogen and oxygen atoms in total. The molecule has 0 radical (unpaired) electrons. The molecule has 0 saturated heterocycles. The Hall–Kier alpha value is -3.03. The molecule has 0 aliphatic rings. The highest BCUT2D eigenvalue weighted by Gasteiger charge is 2.18. The van der Waals surface area contributed by atoms with Crippen LogP contribution in [0.1, 0.15) is 0 Å². The monoisotopic (exact) mass is 354 g/mol. The Bertz CT molecular complexity index is 1220. The first-order valence-corrected chi connectivity index (χ1v) is 8.95. The first-order valence-electron chi connectivity index (χ1n) is 8.57. The molecule has 0 atom stereocenters. The van der Waals surface area contributed by atoms with Crippen molar-refractivity contribution in [3.8, 4) is 22.3 Å². The topological polar surface area (TPSA) is 13.1 Å². The van der Waals surface area contributed by atoms with E-state index in [0.29, 0.717) is 5.02 Å². The summed E-state index contributed by atoms with van der Waals surface area (Å²) in [6.45, 7) is 0. The molecule has 0 aliphatic heterocycles. The van der Waals surface area contributed by atoms with E-state index in [1.54, 1.807) is 0 Å². The van der Waals surface area contributed by atoms with E-state index in [4.69, 9.17) is 16.0 Å². The Morgan fingerprint density at radius 1 is 0.538 bits per heavy atom. The third-order valence-corrected chi connectivity index (χ3v) is 5.07. The predicted molar refractivity (Wildman–Crippen MR) is 110 cm³/mol. The second-order valence-electron chi connectivity index (χ2n) is 6.32. The summed E-state index contributed by atoms with van der Waals surface area (Å²) in [6, 6.07) is 30.9. The molecule has 0 fully saturated rings. The van der Waals surface area contributed by atoms with Crippen LogP contribution < -0.4 is 0 Å². The summed E-state index contributed by atoms with van der Waals surface area (Å²) < 4.78 is 6.30. The molecular weight excluding hydrogens is 340 g/mol. The van der Waals surface area contributed by atoms with Gasteiger partial charge in [0.2, 0.25) is 0 Å². The van der Waals surface area contributed by atoms with E-state index in [1.165, 1.54) is 5.56 Å². The molecule has 5 rings (SSSR count). The van der Waals surface area contributed by atoms with E-state index in [0.717, 1.165) is 38.6 Å². The largest absolute Gasteiger partial charge is 0.454 e. The van der Waals surface area contributed by atoms with Gasteiger partial charge in [0.05, 0.1) is 5.02 Å². The third kappa shape index (κ3) is 2.33. The summed E-state index contributed by atoms with van der Waals surface area (Å²) in [4.78, 5) is 0. The van der Waals surface area contributed by atoms with Crippen LogP contribution in [0.15, 0.2) is 95.4 Å². The van der Waals surface area contributed by atoms with Crippen LogP contribution >= 0.6 is 11.6 Å². The van der Waals surface area contributed by atoms with Gasteiger partial charge >= 0.3 is 0 Å². The number of para-hydroxylation sites is 1. The van der Waals surface area contributed by atoms with Crippen LogP contribution in [0.2, 0.25) is 5.02 Å². The fraction of sp³-hybridized carbons (Fsp3) is 0. The summed E-state index contributed by atoms with van der Waals surface area (Å²) in [7, 11) is 0. The van der Waals surface area contributed by atoms with Gasteiger partial charge in [-0.2, -0.15) is 0 Å². The highest BCUT2D eigenvalue weighted by Crippen LogP contribution is 2.43. The first kappa shape index (κ1) is 15.2. The molecule has 0 amide bonds. The van der Waals surface area contributed by atoms with Gasteiger partial charge in [-0.3, -0.25) is 0 Å². The van der Waals surface area contributed by atoms with Crippen molar-refractivity contribution in [2.45, 2.75) is 0 Å². The number of halogens is 1. The smallest absolute Gasteiger partial charge is 0.154 e. The Morgan fingerprint density at radius 2 is 1.15 bits per heavy atom. The van der Waals surface area contributed by atoms with Gasteiger partial charge in [-0.1, -0.05) is 90.5 Å². The molecule has 0 saturated carbocycles. The van der Waals surface area contributed by atoms with Crippen molar-refractivity contribution in [2.24, 2.45) is 0 Å². The lowest BCUT2D eigenvalue weighted by Crippen LogP contribution is -1.83. The van der Waals surface area contributed by atoms with E-state index in [2.05, 4.69) is 54.6 Å². The number of furan rings is 1. The molecule has 0 spiro atoms. The van der Waals surface area contributed by atoms with Crippen LogP contribution in [0, 0.1) is 0 Å². The van der Waals surface area contributed by atoms with Crippen LogP contribution in [-0.4, -0.2) is 0 Å². The van der Waals surface area contributed by atoms with Crippen molar-refractivity contribution < 1.29 is 4.42 Å². The van der Waals surface area contributed by atoms with Crippen molar-refractivity contribution in [3.63, 3.8) is 0 Å². The summed E-state index contributed by atoms with van der Waals surface area (Å²) in [5.74, 6) is 0. The van der Waals surface area contributed by atoms with E-state index < -0.39 is 0 Å². The molecular formula is C24H15ClO. The highest BCUT2D eigenvalue weighted by atomic mass is 35.5. The van der Waals surface area contributed by atoms with Crippen molar-refractivity contribution >= 4 is 33.5 Å². The standard InChI is InChI=1S/C24H15ClO/c25-21-13-7-12-20-22-18(16-8-3-1-4-9-16)14-15-19(24(22)26-23(20)21)17-10-5-2-6-11-17/h1-15H. The molecule has 0 unspecified atom stereocenters. The van der Waals surface area contributed by atoms with E-state index >= 15 is 0 Å². The molecule has 1 aromatic heterocycles. The molecule has 0 aliphatic carbocycles. The SMILES string of the molecule is Clc1cccc2c1oc1c(-c3ccccc3)ccc(-c3ccccc3)c12. The third-order valence-electron chi connectivity index (χ3n) is 4.77. The zero-order chi connectivity index (χ0) is 17.5. The zero-order valence-electron chi connectivity index (χ0n) is 13.9. The zero-order valence-corrected chi connectivity index (χ0v) is 14.7. The number of hydrogen-bond donors (Lipinski definition) is 0. The predicted octanol–water partition coefficient (Wildman–Crippen LogP) is 7.57. The summed E-state index contributed by atoms with van der Waals surface area (Å²) >= 11 is 6.43. The van der Waals surface area contributed by atoms with Gasteiger partial charge in [0, 0.05) is 16.3 Å². The number of benzene rings is 4. The van der Waals surface area contributed by atoms with Crippen LogP contribution in [0.4, 0.5) is 0 Å². The van der Waals surface area contributed by atoms with Crippen LogP contribution in [0.3, 0.4) is 0 Å². The number of fused-ring (bicyclic) bond motifs is 3. The minimum absolute atomic E-state index is 0.636. The van der Waals surface area contributed by atoms with E-state index in [-0.39, 0.29) is 0 Å². The van der Waals surface area contributed by atoms with Gasteiger partial charge < -0.3 is 4.42 Å². The second kappa shape index (κ2) is 6.05. The molecule has 0 bridgehead atoms. The van der Waals surface area contributed by atoms with Gasteiger partial charge in [-0.05, 0) is 28.8 Å². The fourth-order valence-electron chi connectivity index (χ4n) is 3.57. The second-order valence-corrected chi connectivity index (χ2v) is 6.72. The summed E-state index contributed by atoms with van der Waals surface area (Å²) in [6.07, 6.45) is 0. The van der Waals surface area contributed by atoms with Crippen molar-refractivity contribution in [3.05, 3.63) is 96.0 Å². The van der Waals surface area contributed by atoms with Gasteiger partial charge in [-0.25, -0.2) is 0 Å². The first-order chi connectivity index (χ1) is 12.8. The Morgan fingerprint density at radius 3 is 1.85 bits per heavy atom. The number of hydrogen-bond acceptors (Lipinski definition) is 1. The summed E-state index contributed by atoms with van der Waals surface area (Å²) in [5, 5.41) is 2.79. The normalized spacial score (nSPS) is 11.3. The maximum Gasteiger partial charge on any atom is 0.154 e.